The summed E-state index contributed by atoms with van der Waals surface area (Å²) in [5, 5.41) is 3.23. The molecule has 208 valence electrons. The molecule has 2 aromatic carbocycles. The second-order valence-electron chi connectivity index (χ2n) is 9.38. The number of hydrogen-bond acceptors (Lipinski definition) is 7. The largest absolute Gasteiger partial charge is 0.493 e. The van der Waals surface area contributed by atoms with Crippen molar-refractivity contribution in [2.45, 2.75) is 37.8 Å². The smallest absolute Gasteiger partial charge is 0.416 e. The first kappa shape index (κ1) is 28.2. The number of rotatable bonds is 8. The average molecular weight is 546 g/mol. The number of esters is 1. The first-order valence-corrected chi connectivity index (χ1v) is 12.4. The lowest BCUT2D eigenvalue weighted by Gasteiger charge is -2.37. The van der Waals surface area contributed by atoms with Crippen molar-refractivity contribution in [2.24, 2.45) is 0 Å². The second kappa shape index (κ2) is 11.5. The molecular weight excluding hydrogens is 515 g/mol. The van der Waals surface area contributed by atoms with Crippen LogP contribution in [0.3, 0.4) is 0 Å². The highest BCUT2D eigenvalue weighted by Crippen LogP contribution is 2.47. The Hall–Kier alpha value is -3.79. The van der Waals surface area contributed by atoms with E-state index in [2.05, 4.69) is 5.32 Å². The molecule has 2 aromatic rings. The number of benzene rings is 2. The van der Waals surface area contributed by atoms with Gasteiger partial charge in [0.25, 0.3) is 0 Å². The van der Waals surface area contributed by atoms with E-state index in [0.717, 1.165) is 17.7 Å². The van der Waals surface area contributed by atoms with Gasteiger partial charge in [-0.15, -0.1) is 0 Å². The average Bonchev–Trinajstić information content (AvgIpc) is 2.91. The maximum atomic E-state index is 13.7. The molecule has 0 bridgehead atoms. The number of dihydropyridines is 1. The molecule has 1 N–H and O–H groups in total. The van der Waals surface area contributed by atoms with E-state index in [1.54, 1.807) is 20.1 Å². The van der Waals surface area contributed by atoms with Crippen LogP contribution in [0.1, 0.15) is 48.3 Å². The van der Waals surface area contributed by atoms with Crippen molar-refractivity contribution in [3.05, 3.63) is 81.7 Å². The van der Waals surface area contributed by atoms with Gasteiger partial charge in [-0.05, 0) is 54.7 Å². The molecule has 10 heteroatoms. The molecule has 1 heterocycles. The molecular formula is C29H30F3NO6. The number of halogens is 3. The summed E-state index contributed by atoms with van der Waals surface area (Å²) in [7, 11) is 4.55. The molecule has 0 unspecified atom stereocenters. The zero-order valence-electron chi connectivity index (χ0n) is 22.1. The molecule has 39 heavy (non-hydrogen) atoms. The van der Waals surface area contributed by atoms with Gasteiger partial charge in [-0.1, -0.05) is 18.2 Å². The molecule has 0 saturated heterocycles. The molecule has 0 fully saturated rings. The highest BCUT2D eigenvalue weighted by Gasteiger charge is 2.42. The van der Waals surface area contributed by atoms with Crippen LogP contribution < -0.4 is 14.8 Å². The number of hydrogen-bond donors (Lipinski definition) is 1. The van der Waals surface area contributed by atoms with Crippen molar-refractivity contribution in [3.63, 3.8) is 0 Å². The molecule has 1 aliphatic carbocycles. The van der Waals surface area contributed by atoms with Crippen LogP contribution in [0.15, 0.2) is 65.0 Å². The minimum absolute atomic E-state index is 0.00687. The minimum atomic E-state index is -4.52. The molecule has 0 radical (unpaired) electrons. The molecule has 4 rings (SSSR count). The van der Waals surface area contributed by atoms with Gasteiger partial charge in [-0.25, -0.2) is 4.79 Å². The summed E-state index contributed by atoms with van der Waals surface area (Å²) in [6.45, 7) is 1.86. The van der Waals surface area contributed by atoms with Gasteiger partial charge >= 0.3 is 12.1 Å². The highest BCUT2D eigenvalue weighted by atomic mass is 19.4. The Morgan fingerprint density at radius 1 is 0.949 bits per heavy atom. The monoisotopic (exact) mass is 545 g/mol. The van der Waals surface area contributed by atoms with Crippen LogP contribution in [-0.4, -0.2) is 46.3 Å². The molecule has 0 aromatic heterocycles. The summed E-state index contributed by atoms with van der Waals surface area (Å²) < 4.78 is 60.8. The van der Waals surface area contributed by atoms with Crippen LogP contribution in [0.5, 0.6) is 11.5 Å². The van der Waals surface area contributed by atoms with E-state index in [0.29, 0.717) is 40.5 Å². The zero-order valence-corrected chi connectivity index (χ0v) is 22.1. The summed E-state index contributed by atoms with van der Waals surface area (Å²) in [5.41, 5.74) is 2.10. The van der Waals surface area contributed by atoms with Crippen LogP contribution in [0.25, 0.3) is 0 Å². The normalized spacial score (nSPS) is 19.4. The SMILES string of the molecule is COCCOC(=O)C1=C(C)NC2=C(C(=O)C[C@H](c3ccc(OC)c(OC)c3)C2)[C@H]1c1ccc(C(F)(F)F)cc1. The van der Waals surface area contributed by atoms with Gasteiger partial charge in [0.1, 0.15) is 6.61 Å². The van der Waals surface area contributed by atoms with Crippen LogP contribution >= 0.6 is 0 Å². The van der Waals surface area contributed by atoms with E-state index in [1.165, 1.54) is 26.4 Å². The van der Waals surface area contributed by atoms with Gasteiger partial charge in [0, 0.05) is 36.4 Å². The lowest BCUT2D eigenvalue weighted by molar-refractivity contribution is -0.141. The fraction of sp³-hybridized carbons (Fsp3) is 0.379. The van der Waals surface area contributed by atoms with E-state index in [4.69, 9.17) is 18.9 Å². The zero-order chi connectivity index (χ0) is 28.3. The van der Waals surface area contributed by atoms with Gasteiger partial charge in [-0.3, -0.25) is 4.79 Å². The Kier molecular flexibility index (Phi) is 8.34. The maximum absolute atomic E-state index is 13.7. The molecule has 0 spiro atoms. The maximum Gasteiger partial charge on any atom is 0.416 e. The topological polar surface area (TPSA) is 83.1 Å². The lowest BCUT2D eigenvalue weighted by atomic mass is 9.71. The first-order chi connectivity index (χ1) is 18.6. The first-order valence-electron chi connectivity index (χ1n) is 12.4. The van der Waals surface area contributed by atoms with Crippen LogP contribution in [0, 0.1) is 0 Å². The van der Waals surface area contributed by atoms with E-state index in [-0.39, 0.29) is 36.9 Å². The number of ether oxygens (including phenoxy) is 4. The van der Waals surface area contributed by atoms with Gasteiger partial charge in [-0.2, -0.15) is 13.2 Å². The molecule has 7 nitrogen and oxygen atoms in total. The number of carbonyl (C=O) groups excluding carboxylic acids is 2. The number of alkyl halides is 3. The lowest BCUT2D eigenvalue weighted by Crippen LogP contribution is -2.36. The summed E-state index contributed by atoms with van der Waals surface area (Å²) in [6.07, 6.45) is -3.91. The third-order valence-electron chi connectivity index (χ3n) is 7.02. The van der Waals surface area contributed by atoms with E-state index in [9.17, 15) is 22.8 Å². The third kappa shape index (κ3) is 5.80. The number of nitrogens with one attached hydrogen (secondary N) is 1. The number of allylic oxidation sites excluding steroid dienone is 3. The van der Waals surface area contributed by atoms with Crippen LogP contribution in [0.2, 0.25) is 0 Å². The Labute approximate surface area is 224 Å². The highest BCUT2D eigenvalue weighted by molar-refractivity contribution is 6.04. The molecule has 2 atom stereocenters. The predicted molar refractivity (Wildman–Crippen MR) is 136 cm³/mol. The number of methoxy groups -OCH3 is 3. The van der Waals surface area contributed by atoms with Crippen molar-refractivity contribution in [1.29, 1.82) is 0 Å². The van der Waals surface area contributed by atoms with Gasteiger partial charge in [0.2, 0.25) is 0 Å². The standard InChI is InChI=1S/C29H30F3NO6/c1-16-25(28(35)39-12-11-36-2)26(17-5-8-20(9-6-17)29(30,31)32)27-21(33-16)13-19(14-22(27)34)18-7-10-23(37-3)24(15-18)38-4/h5-10,15,19,26,33H,11-14H2,1-4H3/t19-,26+/m1/s1. The van der Waals surface area contributed by atoms with Crippen molar-refractivity contribution in [3.8, 4) is 11.5 Å². The molecule has 0 saturated carbocycles. The molecule has 2 aliphatic rings. The third-order valence-corrected chi connectivity index (χ3v) is 7.02. The Morgan fingerprint density at radius 2 is 1.62 bits per heavy atom. The second-order valence-corrected chi connectivity index (χ2v) is 9.38. The van der Waals surface area contributed by atoms with Crippen molar-refractivity contribution >= 4 is 11.8 Å². The van der Waals surface area contributed by atoms with Gasteiger partial charge in [0.15, 0.2) is 17.3 Å². The number of ketones is 1. The van der Waals surface area contributed by atoms with Crippen LogP contribution in [-0.2, 0) is 25.2 Å². The van der Waals surface area contributed by atoms with Crippen molar-refractivity contribution in [2.75, 3.05) is 34.5 Å². The minimum Gasteiger partial charge on any atom is -0.493 e. The van der Waals surface area contributed by atoms with E-state index in [1.807, 2.05) is 12.1 Å². The van der Waals surface area contributed by atoms with Gasteiger partial charge in [0.05, 0.1) is 32.0 Å². The summed E-state index contributed by atoms with van der Waals surface area (Å²) >= 11 is 0. The number of carbonyl (C=O) groups is 2. The summed E-state index contributed by atoms with van der Waals surface area (Å²) in [5.74, 6) is -0.820. The summed E-state index contributed by atoms with van der Waals surface area (Å²) in [6, 6.07) is 10.0. The number of Topliss-reactive ketones (excluding diaryl/α,β-unsaturated/α-hetero) is 1. The quantitative estimate of drug-likeness (QED) is 0.357. The van der Waals surface area contributed by atoms with Gasteiger partial charge < -0.3 is 24.3 Å². The predicted octanol–water partition coefficient (Wildman–Crippen LogP) is 5.27. The fourth-order valence-electron chi connectivity index (χ4n) is 5.15. The van der Waals surface area contributed by atoms with E-state index >= 15 is 0 Å². The fourth-order valence-corrected chi connectivity index (χ4v) is 5.15. The summed E-state index contributed by atoms with van der Waals surface area (Å²) in [4.78, 5) is 26.9. The Balaban J connectivity index is 1.75. The van der Waals surface area contributed by atoms with Crippen LogP contribution in [0.4, 0.5) is 13.2 Å². The molecule has 1 aliphatic heterocycles. The Morgan fingerprint density at radius 3 is 2.23 bits per heavy atom. The Bertz CT molecular complexity index is 1310. The van der Waals surface area contributed by atoms with Crippen molar-refractivity contribution in [1.82, 2.24) is 5.32 Å². The van der Waals surface area contributed by atoms with Crippen molar-refractivity contribution < 1.29 is 41.7 Å². The molecule has 0 amide bonds. The van der Waals surface area contributed by atoms with E-state index < -0.39 is 23.6 Å².